The van der Waals surface area contributed by atoms with Crippen LogP contribution in [0.1, 0.15) is 32.1 Å². The number of nitrogens with zero attached hydrogens (tertiary/aromatic N) is 1. The van der Waals surface area contributed by atoms with Crippen LogP contribution >= 0.6 is 11.3 Å². The van der Waals surface area contributed by atoms with E-state index >= 15 is 0 Å². The van der Waals surface area contributed by atoms with Gasteiger partial charge in [0.2, 0.25) is 0 Å². The zero-order valence-electron chi connectivity index (χ0n) is 18.4. The third-order valence-electron chi connectivity index (χ3n) is 5.18. The number of amides is 3. The molecule has 6 nitrogen and oxygen atoms in total. The number of aromatic nitrogens is 1. The standard InChI is InChI=1S/C25H24N4O2S/c1-14-12-15(2)21(16(3)13-14)28-23(30)22-17(4)26-25(32-22)29-24(31)27-20-11-7-9-18-8-5-6-10-19(18)20/h5-13H,1-4H3,(H,28,30)(H2,26,27,29,31). The Labute approximate surface area is 190 Å². The monoisotopic (exact) mass is 444 g/mol. The number of aryl methyl sites for hydroxylation is 4. The highest BCUT2D eigenvalue weighted by Crippen LogP contribution is 2.27. The topological polar surface area (TPSA) is 83.1 Å². The molecule has 3 amide bonds. The fourth-order valence-corrected chi connectivity index (χ4v) is 4.65. The first kappa shape index (κ1) is 21.5. The first-order valence-electron chi connectivity index (χ1n) is 10.2. The molecular formula is C25H24N4O2S. The van der Waals surface area contributed by atoms with E-state index in [4.69, 9.17) is 0 Å². The number of hydrogen-bond acceptors (Lipinski definition) is 4. The van der Waals surface area contributed by atoms with Crippen LogP contribution in [0.5, 0.6) is 0 Å². The highest BCUT2D eigenvalue weighted by molar-refractivity contribution is 7.17. The van der Waals surface area contributed by atoms with Crippen molar-refractivity contribution in [2.75, 3.05) is 16.0 Å². The quantitative estimate of drug-likeness (QED) is 0.339. The molecule has 3 N–H and O–H groups in total. The van der Waals surface area contributed by atoms with Gasteiger partial charge in [0.1, 0.15) is 4.88 Å². The molecule has 162 valence electrons. The van der Waals surface area contributed by atoms with Crippen molar-refractivity contribution in [2.24, 2.45) is 0 Å². The highest BCUT2D eigenvalue weighted by atomic mass is 32.1. The van der Waals surface area contributed by atoms with Crippen LogP contribution in [0.4, 0.5) is 21.3 Å². The second-order valence-corrected chi connectivity index (χ2v) is 8.77. The minimum atomic E-state index is -0.410. The van der Waals surface area contributed by atoms with Crippen LogP contribution in [0.15, 0.2) is 54.6 Å². The fraction of sp³-hybridized carbons (Fsp3) is 0.160. The number of urea groups is 1. The summed E-state index contributed by atoms with van der Waals surface area (Å²) in [6.45, 7) is 7.73. The molecule has 1 heterocycles. The van der Waals surface area contributed by atoms with E-state index in [0.29, 0.717) is 21.4 Å². The van der Waals surface area contributed by atoms with Crippen LogP contribution < -0.4 is 16.0 Å². The van der Waals surface area contributed by atoms with Crippen LogP contribution in [0.25, 0.3) is 10.8 Å². The Balaban J connectivity index is 1.48. The molecular weight excluding hydrogens is 420 g/mol. The van der Waals surface area contributed by atoms with E-state index in [9.17, 15) is 9.59 Å². The van der Waals surface area contributed by atoms with E-state index in [-0.39, 0.29) is 5.91 Å². The van der Waals surface area contributed by atoms with Gasteiger partial charge in [-0.25, -0.2) is 9.78 Å². The van der Waals surface area contributed by atoms with Crippen molar-refractivity contribution < 1.29 is 9.59 Å². The molecule has 0 spiro atoms. The molecule has 0 bridgehead atoms. The first-order chi connectivity index (χ1) is 15.3. The molecule has 4 aromatic rings. The number of hydrogen-bond donors (Lipinski definition) is 3. The Morgan fingerprint density at radius 3 is 2.28 bits per heavy atom. The fourth-order valence-electron chi connectivity index (χ4n) is 3.79. The van der Waals surface area contributed by atoms with E-state index < -0.39 is 6.03 Å². The lowest BCUT2D eigenvalue weighted by atomic mass is 10.1. The number of nitrogens with one attached hydrogen (secondary N) is 3. The molecule has 0 aliphatic carbocycles. The van der Waals surface area contributed by atoms with Crippen LogP contribution in [-0.4, -0.2) is 16.9 Å². The molecule has 7 heteroatoms. The van der Waals surface area contributed by atoms with Crippen LogP contribution in [0, 0.1) is 27.7 Å². The van der Waals surface area contributed by atoms with Gasteiger partial charge in [0, 0.05) is 11.1 Å². The number of anilines is 3. The average molecular weight is 445 g/mol. The first-order valence-corrected chi connectivity index (χ1v) is 11.1. The molecule has 0 aliphatic rings. The summed E-state index contributed by atoms with van der Waals surface area (Å²) in [6, 6.07) is 17.2. The van der Waals surface area contributed by atoms with Crippen LogP contribution in [-0.2, 0) is 0 Å². The van der Waals surface area contributed by atoms with Crippen LogP contribution in [0.2, 0.25) is 0 Å². The molecule has 0 saturated carbocycles. The van der Waals surface area contributed by atoms with Gasteiger partial charge in [-0.15, -0.1) is 0 Å². The van der Waals surface area contributed by atoms with Gasteiger partial charge in [-0.1, -0.05) is 65.4 Å². The second kappa shape index (κ2) is 8.80. The number of rotatable bonds is 4. The molecule has 4 rings (SSSR count). The van der Waals surface area contributed by atoms with E-state index in [1.54, 1.807) is 6.92 Å². The van der Waals surface area contributed by atoms with Crippen molar-refractivity contribution in [3.63, 3.8) is 0 Å². The molecule has 0 saturated heterocycles. The Kier molecular flexibility index (Phi) is 5.92. The number of fused-ring (bicyclic) bond motifs is 1. The van der Waals surface area contributed by atoms with Crippen LogP contribution in [0.3, 0.4) is 0 Å². The van der Waals surface area contributed by atoms with Crippen molar-refractivity contribution >= 4 is 50.6 Å². The number of carbonyl (C=O) groups excluding carboxylic acids is 2. The maximum absolute atomic E-state index is 12.9. The van der Waals surface area contributed by atoms with Gasteiger partial charge in [-0.2, -0.15) is 0 Å². The Morgan fingerprint density at radius 2 is 1.53 bits per heavy atom. The van der Waals surface area contributed by atoms with Crippen molar-refractivity contribution in [1.82, 2.24) is 4.98 Å². The van der Waals surface area contributed by atoms with Gasteiger partial charge >= 0.3 is 6.03 Å². The van der Waals surface area contributed by atoms with Gasteiger partial charge in [-0.05, 0) is 50.3 Å². The summed E-state index contributed by atoms with van der Waals surface area (Å²) in [7, 11) is 0. The Morgan fingerprint density at radius 1 is 0.844 bits per heavy atom. The van der Waals surface area contributed by atoms with Gasteiger partial charge in [0.25, 0.3) is 5.91 Å². The molecule has 32 heavy (non-hydrogen) atoms. The Hall–Kier alpha value is -3.71. The highest BCUT2D eigenvalue weighted by Gasteiger charge is 2.18. The molecule has 0 fully saturated rings. The minimum Gasteiger partial charge on any atom is -0.321 e. The third kappa shape index (κ3) is 4.48. The number of carbonyl (C=O) groups is 2. The summed E-state index contributed by atoms with van der Waals surface area (Å²) < 4.78 is 0. The smallest absolute Gasteiger partial charge is 0.321 e. The van der Waals surface area contributed by atoms with Crippen molar-refractivity contribution in [3.8, 4) is 0 Å². The van der Waals surface area contributed by atoms with E-state index in [1.165, 1.54) is 0 Å². The summed E-state index contributed by atoms with van der Waals surface area (Å²) in [5.41, 5.74) is 5.23. The molecule has 3 aromatic carbocycles. The number of thiazole rings is 1. The lowest BCUT2D eigenvalue weighted by Gasteiger charge is -2.12. The van der Waals surface area contributed by atoms with Crippen molar-refractivity contribution in [3.05, 3.63) is 81.9 Å². The van der Waals surface area contributed by atoms with E-state index in [1.807, 2.05) is 75.4 Å². The lowest BCUT2D eigenvalue weighted by molar-refractivity contribution is 0.102. The van der Waals surface area contributed by atoms with E-state index in [0.717, 1.165) is 44.5 Å². The molecule has 1 aromatic heterocycles. The zero-order valence-corrected chi connectivity index (χ0v) is 19.2. The minimum absolute atomic E-state index is 0.238. The summed E-state index contributed by atoms with van der Waals surface area (Å²) >= 11 is 1.15. The molecule has 0 radical (unpaired) electrons. The number of benzene rings is 3. The average Bonchev–Trinajstić information content (AvgIpc) is 3.10. The summed E-state index contributed by atoms with van der Waals surface area (Å²) in [4.78, 5) is 30.3. The van der Waals surface area contributed by atoms with E-state index in [2.05, 4.69) is 20.9 Å². The zero-order chi connectivity index (χ0) is 22.8. The van der Waals surface area contributed by atoms with Crippen molar-refractivity contribution in [1.29, 1.82) is 0 Å². The van der Waals surface area contributed by atoms with Gasteiger partial charge in [-0.3, -0.25) is 10.1 Å². The maximum Gasteiger partial charge on any atom is 0.325 e. The third-order valence-corrected chi connectivity index (χ3v) is 6.25. The summed E-state index contributed by atoms with van der Waals surface area (Å²) in [6.07, 6.45) is 0. The summed E-state index contributed by atoms with van der Waals surface area (Å²) in [5.74, 6) is -0.238. The van der Waals surface area contributed by atoms with Crippen molar-refractivity contribution in [2.45, 2.75) is 27.7 Å². The lowest BCUT2D eigenvalue weighted by Crippen LogP contribution is -2.19. The van der Waals surface area contributed by atoms with Gasteiger partial charge in [0.05, 0.1) is 11.4 Å². The maximum atomic E-state index is 12.9. The van der Waals surface area contributed by atoms with Gasteiger partial charge in [0.15, 0.2) is 5.13 Å². The Bertz CT molecular complexity index is 1310. The SMILES string of the molecule is Cc1cc(C)c(NC(=O)c2sc(NC(=O)Nc3cccc4ccccc34)nc2C)c(C)c1. The normalized spacial score (nSPS) is 10.8. The molecule has 0 unspecified atom stereocenters. The molecule has 0 atom stereocenters. The second-order valence-electron chi connectivity index (χ2n) is 7.77. The van der Waals surface area contributed by atoms with Gasteiger partial charge < -0.3 is 10.6 Å². The largest absolute Gasteiger partial charge is 0.325 e. The summed E-state index contributed by atoms with van der Waals surface area (Å²) in [5, 5.41) is 11.0. The predicted molar refractivity (Wildman–Crippen MR) is 132 cm³/mol. The molecule has 0 aliphatic heterocycles. The predicted octanol–water partition coefficient (Wildman–Crippen LogP) is 6.43.